The van der Waals surface area contributed by atoms with Gasteiger partial charge in [-0.15, -0.1) is 5.73 Å². The highest BCUT2D eigenvalue weighted by atomic mass is 16.2. The minimum absolute atomic E-state index is 0. The first-order valence-corrected chi connectivity index (χ1v) is 9.65. The Bertz CT molecular complexity index is 677. The molecule has 2 aliphatic rings. The summed E-state index contributed by atoms with van der Waals surface area (Å²) in [6.45, 7) is 14.7. The number of nitrogens with zero attached hydrogens (tertiary/aromatic N) is 2. The molecule has 151 valence electrons. The number of likely N-dealkylation sites (N-methyl/N-ethyl adjacent to an activating group) is 1. The van der Waals surface area contributed by atoms with Crippen LogP contribution in [-0.2, 0) is 9.59 Å². The number of allylic oxidation sites excluding steroid dienone is 3. The second kappa shape index (κ2) is 10.3. The molecule has 1 saturated heterocycles. The molecule has 0 aromatic carbocycles. The maximum Gasteiger partial charge on any atom is 0.240 e. The molecule has 0 aromatic heterocycles. The van der Waals surface area contributed by atoms with Crippen molar-refractivity contribution >= 4 is 11.7 Å². The van der Waals surface area contributed by atoms with Crippen LogP contribution in [-0.4, -0.2) is 53.7 Å². The van der Waals surface area contributed by atoms with Gasteiger partial charge >= 0.3 is 0 Å². The van der Waals surface area contributed by atoms with Gasteiger partial charge in [0.1, 0.15) is 6.54 Å². The van der Waals surface area contributed by atoms with E-state index < -0.39 is 0 Å². The number of Topliss-reactive ketones (excluding diaryl/α,β-unsaturated/α-hetero) is 1. The Balaban J connectivity index is 0.00000235. The summed E-state index contributed by atoms with van der Waals surface area (Å²) in [7, 11) is 2.08. The summed E-state index contributed by atoms with van der Waals surface area (Å²) in [6, 6.07) is 0. The molecule has 1 radical (unpaired) electrons. The summed E-state index contributed by atoms with van der Waals surface area (Å²) < 4.78 is 0. The van der Waals surface area contributed by atoms with Crippen molar-refractivity contribution in [2.75, 3.05) is 26.7 Å². The van der Waals surface area contributed by atoms with Gasteiger partial charge in [-0.25, -0.2) is 0 Å². The third-order valence-corrected chi connectivity index (χ3v) is 4.85. The Labute approximate surface area is 166 Å². The molecular weight excluding hydrogens is 338 g/mol. The maximum absolute atomic E-state index is 12.7. The number of piperidine rings is 1. The second-order valence-electron chi connectivity index (χ2n) is 7.02. The number of nitrogens with one attached hydrogen (secondary N) is 1. The fraction of sp³-hybridized carbons (Fsp3) is 0.545. The maximum atomic E-state index is 12.7. The average molecular weight is 375 g/mol. The monoisotopic (exact) mass is 374 g/mol. The molecule has 5 heteroatoms. The first kappa shape index (κ1) is 22.9. The molecule has 1 aliphatic heterocycles. The van der Waals surface area contributed by atoms with Crippen molar-refractivity contribution in [2.24, 2.45) is 0 Å². The van der Waals surface area contributed by atoms with E-state index >= 15 is 0 Å². The van der Waals surface area contributed by atoms with Crippen molar-refractivity contribution in [2.45, 2.75) is 53.0 Å². The third-order valence-electron chi connectivity index (χ3n) is 4.85. The molecule has 0 saturated carbocycles. The Morgan fingerprint density at radius 1 is 1.41 bits per heavy atom. The van der Waals surface area contributed by atoms with E-state index in [0.29, 0.717) is 11.3 Å². The molecule has 1 heterocycles. The molecule has 1 amide bonds. The smallest absolute Gasteiger partial charge is 0.240 e. The number of hydrogen-bond donors (Lipinski definition) is 1. The fourth-order valence-electron chi connectivity index (χ4n) is 3.19. The van der Waals surface area contributed by atoms with Gasteiger partial charge in [-0.3, -0.25) is 9.59 Å². The fourth-order valence-corrected chi connectivity index (χ4v) is 3.19. The number of rotatable bonds is 7. The van der Waals surface area contributed by atoms with Crippen molar-refractivity contribution in [3.63, 3.8) is 0 Å². The summed E-state index contributed by atoms with van der Waals surface area (Å²) in [4.78, 5) is 28.2. The summed E-state index contributed by atoms with van der Waals surface area (Å²) in [5.41, 5.74) is 5.02. The number of carbonyl (C=O) groups excluding carboxylic acids is 2. The van der Waals surface area contributed by atoms with Crippen molar-refractivity contribution < 1.29 is 11.0 Å². The minimum Gasteiger partial charge on any atom is -0.344 e. The van der Waals surface area contributed by atoms with Crippen LogP contribution in [0.4, 0.5) is 0 Å². The Morgan fingerprint density at radius 2 is 2.04 bits per heavy atom. The predicted octanol–water partition coefficient (Wildman–Crippen LogP) is 3.47. The summed E-state index contributed by atoms with van der Waals surface area (Å²) in [6.07, 6.45) is 7.85. The number of ketones is 1. The summed E-state index contributed by atoms with van der Waals surface area (Å²) >= 11 is 0. The number of amides is 1. The third kappa shape index (κ3) is 6.53. The van der Waals surface area contributed by atoms with E-state index in [4.69, 9.17) is 0 Å². The quantitative estimate of drug-likeness (QED) is 0.548. The van der Waals surface area contributed by atoms with Crippen LogP contribution in [0.3, 0.4) is 0 Å². The highest BCUT2D eigenvalue weighted by Gasteiger charge is 2.42. The largest absolute Gasteiger partial charge is 0.344 e. The number of likely N-dealkylation sites (tertiary alicyclic amines) is 1. The van der Waals surface area contributed by atoms with Crippen LogP contribution in [0, 0.1) is 6.42 Å². The van der Waals surface area contributed by atoms with Crippen LogP contribution in [0.2, 0.25) is 0 Å². The lowest BCUT2D eigenvalue weighted by Crippen LogP contribution is -2.59. The molecule has 5 nitrogen and oxygen atoms in total. The molecule has 0 bridgehead atoms. The van der Waals surface area contributed by atoms with Crippen LogP contribution < -0.4 is 5.32 Å². The number of carbonyl (C=O) groups is 2. The molecule has 0 spiro atoms. The summed E-state index contributed by atoms with van der Waals surface area (Å²) in [5.74, 6) is -0.0934. The molecule has 2 rings (SSSR count). The molecule has 1 fully saturated rings. The van der Waals surface area contributed by atoms with Crippen LogP contribution in [0.15, 0.2) is 41.4 Å². The van der Waals surface area contributed by atoms with Crippen molar-refractivity contribution in [1.82, 2.24) is 15.1 Å². The van der Waals surface area contributed by atoms with Crippen molar-refractivity contribution in [3.05, 3.63) is 47.9 Å². The molecule has 1 atom stereocenters. The lowest BCUT2D eigenvalue weighted by molar-refractivity contribution is -0.123. The molecule has 1 aliphatic carbocycles. The lowest BCUT2D eigenvalue weighted by Gasteiger charge is -2.41. The van der Waals surface area contributed by atoms with E-state index in [9.17, 15) is 9.59 Å². The number of hydrogen-bond acceptors (Lipinski definition) is 4. The van der Waals surface area contributed by atoms with E-state index in [1.807, 2.05) is 20.8 Å². The van der Waals surface area contributed by atoms with E-state index in [1.165, 1.54) is 12.5 Å². The van der Waals surface area contributed by atoms with E-state index in [2.05, 4.69) is 42.1 Å². The predicted molar refractivity (Wildman–Crippen MR) is 113 cm³/mol. The van der Waals surface area contributed by atoms with Gasteiger partial charge in [0.05, 0.1) is 11.2 Å². The van der Waals surface area contributed by atoms with E-state index in [-0.39, 0.29) is 25.2 Å². The topological polar surface area (TPSA) is 52.7 Å². The standard InChI is InChI=1S/C20H28N3O2.C2H6.H2/c1-6-16(3)23(12-15(2)17(4)24)13-19(25)21-20(18-8-9-18)10-7-11-22(5)14-20;1-2;/h8-9,12H,1,7,10-11,13-14H2,2-5H3,(H,21,25);1-2H3;1H/b15-12-;;/t20-;;/m1../s1. The van der Waals surface area contributed by atoms with Crippen LogP contribution in [0.25, 0.3) is 0 Å². The Kier molecular flexibility index (Phi) is 8.74. The van der Waals surface area contributed by atoms with E-state index in [1.54, 1.807) is 18.0 Å². The molecule has 0 unspecified atom stereocenters. The molecule has 0 aromatic rings. The first-order chi connectivity index (χ1) is 12.8. The summed E-state index contributed by atoms with van der Waals surface area (Å²) in [5, 5.41) is 3.24. The Morgan fingerprint density at radius 3 is 2.52 bits per heavy atom. The zero-order valence-corrected chi connectivity index (χ0v) is 17.7. The second-order valence-corrected chi connectivity index (χ2v) is 7.02. The van der Waals surface area contributed by atoms with Crippen LogP contribution >= 0.6 is 0 Å². The minimum atomic E-state index is -0.291. The Hall–Kier alpha value is -2.10. The molecule has 27 heavy (non-hydrogen) atoms. The van der Waals surface area contributed by atoms with Gasteiger partial charge in [0.2, 0.25) is 5.91 Å². The molecular formula is C22H36N3O2. The van der Waals surface area contributed by atoms with Crippen LogP contribution in [0.5, 0.6) is 0 Å². The zero-order valence-electron chi connectivity index (χ0n) is 17.7. The average Bonchev–Trinajstić information content (AvgIpc) is 3.47. The van der Waals surface area contributed by atoms with Gasteiger partial charge in [0.15, 0.2) is 5.78 Å². The van der Waals surface area contributed by atoms with Gasteiger partial charge in [-0.05, 0) is 52.8 Å². The zero-order chi connectivity index (χ0) is 20.6. The van der Waals surface area contributed by atoms with Crippen molar-refractivity contribution in [1.29, 1.82) is 0 Å². The first-order valence-electron chi connectivity index (χ1n) is 9.65. The van der Waals surface area contributed by atoms with Crippen molar-refractivity contribution in [3.8, 4) is 0 Å². The lowest BCUT2D eigenvalue weighted by atomic mass is 9.86. The highest BCUT2D eigenvalue weighted by molar-refractivity contribution is 5.92. The van der Waals surface area contributed by atoms with Gasteiger partial charge < -0.3 is 15.1 Å². The van der Waals surface area contributed by atoms with Gasteiger partial charge in [0.25, 0.3) is 0 Å². The van der Waals surface area contributed by atoms with Crippen LogP contribution in [0.1, 0.15) is 48.9 Å². The highest BCUT2D eigenvalue weighted by Crippen LogP contribution is 2.36. The van der Waals surface area contributed by atoms with Gasteiger partial charge in [-0.1, -0.05) is 26.5 Å². The molecule has 1 N–H and O–H groups in total. The normalized spacial score (nSPS) is 21.9. The SMILES string of the molecule is C=C=C(C)N(/C=C(/C)C(C)=O)CC(=O)N[C@]1(C2=C[CH]2)CCCN(C)C1.CC.[HH]. The van der Waals surface area contributed by atoms with Gasteiger partial charge in [-0.2, -0.15) is 0 Å². The van der Waals surface area contributed by atoms with E-state index in [0.717, 1.165) is 25.9 Å². The van der Waals surface area contributed by atoms with Gasteiger partial charge in [0, 0.05) is 26.2 Å².